The molecule has 1 atom stereocenters. The molecule has 0 aliphatic carbocycles. The molecule has 8 heteroatoms. The smallest absolute Gasteiger partial charge is 0.227 e. The highest BCUT2D eigenvalue weighted by Gasteiger charge is 2.36. The van der Waals surface area contributed by atoms with Crippen LogP contribution in [0.2, 0.25) is 0 Å². The molecule has 1 unspecified atom stereocenters. The molecule has 2 aromatic rings. The van der Waals surface area contributed by atoms with Gasteiger partial charge in [-0.3, -0.25) is 9.59 Å². The van der Waals surface area contributed by atoms with Gasteiger partial charge < -0.3 is 19.5 Å². The van der Waals surface area contributed by atoms with Crippen molar-refractivity contribution in [1.29, 1.82) is 0 Å². The summed E-state index contributed by atoms with van der Waals surface area (Å²) in [6.07, 6.45) is 4.57. The van der Waals surface area contributed by atoms with Crippen molar-refractivity contribution in [1.82, 2.24) is 20.1 Å². The molecule has 0 saturated carbocycles. The summed E-state index contributed by atoms with van der Waals surface area (Å²) in [7, 11) is 0. The van der Waals surface area contributed by atoms with Gasteiger partial charge in [-0.2, -0.15) is 0 Å². The number of para-hydroxylation sites is 2. The summed E-state index contributed by atoms with van der Waals surface area (Å²) in [5, 5.41) is 11.5. The van der Waals surface area contributed by atoms with Crippen molar-refractivity contribution in [3.63, 3.8) is 0 Å². The molecule has 0 bridgehead atoms. The largest absolute Gasteiger partial charge is 0.492 e. The van der Waals surface area contributed by atoms with Crippen molar-refractivity contribution in [2.75, 3.05) is 18.1 Å². The lowest BCUT2D eigenvalue weighted by molar-refractivity contribution is -0.126. The number of hydrogen-bond donors (Lipinski definition) is 1. The first-order chi connectivity index (χ1) is 14.2. The molecule has 2 aliphatic heterocycles. The Morgan fingerprint density at radius 3 is 2.97 bits per heavy atom. The summed E-state index contributed by atoms with van der Waals surface area (Å²) in [6, 6.07) is 7.45. The number of aromatic nitrogens is 3. The van der Waals surface area contributed by atoms with Crippen LogP contribution in [0.1, 0.15) is 44.3 Å². The maximum atomic E-state index is 12.7. The normalized spacial score (nSPS) is 19.0. The molecule has 1 N–H and O–H groups in total. The summed E-state index contributed by atoms with van der Waals surface area (Å²) in [6.45, 7) is 4.02. The standard InChI is InChI=1S/C21H27N5O3/c1-2-29-17-9-6-5-8-16(17)26-14-15(12-20(26)27)21(28)22-13-19-24-23-18-10-4-3-7-11-25(18)19/h5-6,8-9,15H,2-4,7,10-14H2,1H3,(H,22,28). The SMILES string of the molecule is CCOc1ccccc1N1CC(C(=O)NCc2nnc3n2CCCCC3)CC1=O. The van der Waals surface area contributed by atoms with Gasteiger partial charge in [0, 0.05) is 25.9 Å². The van der Waals surface area contributed by atoms with Crippen molar-refractivity contribution in [3.05, 3.63) is 35.9 Å². The van der Waals surface area contributed by atoms with E-state index in [0.717, 1.165) is 43.1 Å². The molecule has 1 aromatic heterocycles. The van der Waals surface area contributed by atoms with Crippen LogP contribution in [0.4, 0.5) is 5.69 Å². The summed E-state index contributed by atoms with van der Waals surface area (Å²) in [5.41, 5.74) is 0.720. The molecule has 2 aliphatic rings. The predicted octanol–water partition coefficient (Wildman–Crippen LogP) is 2.07. The van der Waals surface area contributed by atoms with Crippen LogP contribution < -0.4 is 15.0 Å². The van der Waals surface area contributed by atoms with Gasteiger partial charge in [-0.1, -0.05) is 18.6 Å². The molecule has 2 amide bonds. The van der Waals surface area contributed by atoms with E-state index in [-0.39, 0.29) is 24.2 Å². The highest BCUT2D eigenvalue weighted by Crippen LogP contribution is 2.33. The van der Waals surface area contributed by atoms with Crippen molar-refractivity contribution in [2.45, 2.75) is 52.1 Å². The maximum Gasteiger partial charge on any atom is 0.227 e. The number of ether oxygens (including phenoxy) is 1. The number of aryl methyl sites for hydroxylation is 1. The highest BCUT2D eigenvalue weighted by molar-refractivity contribution is 6.01. The molecule has 0 spiro atoms. The summed E-state index contributed by atoms with van der Waals surface area (Å²) >= 11 is 0. The van der Waals surface area contributed by atoms with Gasteiger partial charge in [0.05, 0.1) is 24.8 Å². The second-order valence-electron chi connectivity index (χ2n) is 7.52. The van der Waals surface area contributed by atoms with E-state index < -0.39 is 0 Å². The van der Waals surface area contributed by atoms with E-state index >= 15 is 0 Å². The fraction of sp³-hybridized carbons (Fsp3) is 0.524. The molecule has 1 aromatic carbocycles. The number of benzene rings is 1. The van der Waals surface area contributed by atoms with Crippen molar-refractivity contribution in [3.8, 4) is 5.75 Å². The van der Waals surface area contributed by atoms with Crippen LogP contribution in [-0.4, -0.2) is 39.7 Å². The third-order valence-corrected chi connectivity index (χ3v) is 5.56. The van der Waals surface area contributed by atoms with Gasteiger partial charge in [-0.15, -0.1) is 10.2 Å². The molecular formula is C21H27N5O3. The van der Waals surface area contributed by atoms with E-state index in [1.54, 1.807) is 4.90 Å². The molecule has 8 nitrogen and oxygen atoms in total. The van der Waals surface area contributed by atoms with Gasteiger partial charge in [0.2, 0.25) is 11.8 Å². The minimum Gasteiger partial charge on any atom is -0.492 e. The lowest BCUT2D eigenvalue weighted by Crippen LogP contribution is -2.33. The predicted molar refractivity (Wildman–Crippen MR) is 107 cm³/mol. The van der Waals surface area contributed by atoms with E-state index in [9.17, 15) is 9.59 Å². The number of carbonyl (C=O) groups is 2. The van der Waals surface area contributed by atoms with E-state index in [0.29, 0.717) is 25.4 Å². The Morgan fingerprint density at radius 1 is 1.24 bits per heavy atom. The number of fused-ring (bicyclic) bond motifs is 1. The zero-order valence-electron chi connectivity index (χ0n) is 16.8. The van der Waals surface area contributed by atoms with Crippen LogP contribution in [0.5, 0.6) is 5.75 Å². The van der Waals surface area contributed by atoms with Gasteiger partial charge >= 0.3 is 0 Å². The van der Waals surface area contributed by atoms with Crippen molar-refractivity contribution < 1.29 is 14.3 Å². The van der Waals surface area contributed by atoms with Crippen LogP contribution in [0.3, 0.4) is 0 Å². The fourth-order valence-electron chi connectivity index (χ4n) is 4.06. The van der Waals surface area contributed by atoms with Crippen molar-refractivity contribution >= 4 is 17.5 Å². The van der Waals surface area contributed by atoms with E-state index in [1.807, 2.05) is 31.2 Å². The highest BCUT2D eigenvalue weighted by atomic mass is 16.5. The number of nitrogens with one attached hydrogen (secondary N) is 1. The Labute approximate surface area is 170 Å². The summed E-state index contributed by atoms with van der Waals surface area (Å²) in [4.78, 5) is 27.0. The minimum atomic E-state index is -0.385. The van der Waals surface area contributed by atoms with E-state index in [2.05, 4.69) is 20.1 Å². The molecule has 29 heavy (non-hydrogen) atoms. The lowest BCUT2D eigenvalue weighted by Gasteiger charge is -2.20. The molecule has 154 valence electrons. The quantitative estimate of drug-likeness (QED) is 0.806. The molecule has 4 rings (SSSR count). The Morgan fingerprint density at radius 2 is 2.10 bits per heavy atom. The number of amides is 2. The zero-order chi connectivity index (χ0) is 20.2. The van der Waals surface area contributed by atoms with Crippen LogP contribution >= 0.6 is 0 Å². The van der Waals surface area contributed by atoms with E-state index in [1.165, 1.54) is 6.42 Å². The Kier molecular flexibility index (Phi) is 5.78. The first-order valence-corrected chi connectivity index (χ1v) is 10.4. The van der Waals surface area contributed by atoms with Gasteiger partial charge in [0.25, 0.3) is 0 Å². The maximum absolute atomic E-state index is 12.7. The van der Waals surface area contributed by atoms with Crippen LogP contribution in [0.15, 0.2) is 24.3 Å². The second-order valence-corrected chi connectivity index (χ2v) is 7.52. The molecule has 1 saturated heterocycles. The van der Waals surface area contributed by atoms with Gasteiger partial charge in [0.1, 0.15) is 11.6 Å². The van der Waals surface area contributed by atoms with E-state index in [4.69, 9.17) is 4.74 Å². The molecule has 0 radical (unpaired) electrons. The molecular weight excluding hydrogens is 370 g/mol. The third kappa shape index (κ3) is 4.11. The zero-order valence-corrected chi connectivity index (χ0v) is 16.8. The van der Waals surface area contributed by atoms with Gasteiger partial charge in [-0.05, 0) is 31.9 Å². The van der Waals surface area contributed by atoms with Crippen LogP contribution in [0.25, 0.3) is 0 Å². The Bertz CT molecular complexity index is 894. The Balaban J connectivity index is 1.40. The second kappa shape index (κ2) is 8.63. The first-order valence-electron chi connectivity index (χ1n) is 10.4. The minimum absolute atomic E-state index is 0.0614. The third-order valence-electron chi connectivity index (χ3n) is 5.56. The summed E-state index contributed by atoms with van der Waals surface area (Å²) in [5.74, 6) is 1.88. The number of anilines is 1. The number of hydrogen-bond acceptors (Lipinski definition) is 5. The molecule has 1 fully saturated rings. The fourth-order valence-corrected chi connectivity index (χ4v) is 4.06. The van der Waals surface area contributed by atoms with Gasteiger partial charge in [0.15, 0.2) is 5.82 Å². The Hall–Kier alpha value is -2.90. The lowest BCUT2D eigenvalue weighted by atomic mass is 10.1. The molecule has 3 heterocycles. The number of rotatable bonds is 6. The average Bonchev–Trinajstić information content (AvgIpc) is 3.22. The summed E-state index contributed by atoms with van der Waals surface area (Å²) < 4.78 is 7.76. The first kappa shape index (κ1) is 19.4. The van der Waals surface area contributed by atoms with Crippen LogP contribution in [-0.2, 0) is 29.1 Å². The van der Waals surface area contributed by atoms with Gasteiger partial charge in [-0.25, -0.2) is 0 Å². The number of carbonyl (C=O) groups excluding carboxylic acids is 2. The average molecular weight is 397 g/mol. The monoisotopic (exact) mass is 397 g/mol. The van der Waals surface area contributed by atoms with Crippen LogP contribution in [0, 0.1) is 5.92 Å². The van der Waals surface area contributed by atoms with Crippen molar-refractivity contribution in [2.24, 2.45) is 5.92 Å². The number of nitrogens with zero attached hydrogens (tertiary/aromatic N) is 4. The topological polar surface area (TPSA) is 89.3 Å².